The number of aryl methyl sites for hydroxylation is 1. The number of rotatable bonds is 5. The van der Waals surface area contributed by atoms with Gasteiger partial charge in [-0.05, 0) is 31.1 Å². The molecule has 0 saturated heterocycles. The van der Waals surface area contributed by atoms with Gasteiger partial charge in [-0.1, -0.05) is 6.42 Å². The molecule has 1 heterocycles. The first-order valence-corrected chi connectivity index (χ1v) is 7.25. The number of aromatic nitrogens is 2. The van der Waals surface area contributed by atoms with Gasteiger partial charge in [0.1, 0.15) is 5.82 Å². The van der Waals surface area contributed by atoms with Crippen molar-refractivity contribution in [2.45, 2.75) is 25.7 Å². The second kappa shape index (κ2) is 7.59. The highest BCUT2D eigenvalue weighted by Crippen LogP contribution is 2.28. The largest absolute Gasteiger partial charge is 0.338 e. The first-order chi connectivity index (χ1) is 10.2. The molecule has 0 aromatic carbocycles. The van der Waals surface area contributed by atoms with Crippen LogP contribution in [0.5, 0.6) is 0 Å². The number of urea groups is 1. The van der Waals surface area contributed by atoms with Crippen LogP contribution in [0.25, 0.3) is 0 Å². The molecule has 0 spiro atoms. The normalized spacial score (nSPS) is 21.4. The van der Waals surface area contributed by atoms with Gasteiger partial charge in [0, 0.05) is 19.7 Å². The molecule has 0 aliphatic heterocycles. The maximum Gasteiger partial charge on any atom is 0.320 e. The van der Waals surface area contributed by atoms with Gasteiger partial charge in [-0.25, -0.2) is 14.6 Å². The zero-order valence-electron chi connectivity index (χ0n) is 12.2. The zero-order chi connectivity index (χ0) is 15.1. The number of anilines is 1. The Morgan fingerprint density at radius 3 is 3.05 bits per heavy atom. The van der Waals surface area contributed by atoms with E-state index in [-0.39, 0.29) is 6.03 Å². The minimum absolute atomic E-state index is 0.216. The number of aliphatic imine (C=N–C) groups is 1. The van der Waals surface area contributed by atoms with Crippen LogP contribution in [-0.2, 0) is 11.8 Å². The fraction of sp³-hybridized carbons (Fsp3) is 0.643. The van der Waals surface area contributed by atoms with Gasteiger partial charge in [0.05, 0.1) is 12.7 Å². The second-order valence-corrected chi connectivity index (χ2v) is 5.51. The fourth-order valence-electron chi connectivity index (χ4n) is 2.81. The number of hydrogen-bond acceptors (Lipinski definition) is 4. The zero-order valence-corrected chi connectivity index (χ0v) is 12.2. The van der Waals surface area contributed by atoms with Gasteiger partial charge in [0.15, 0.2) is 0 Å². The standard InChI is InChI=1S/C14H21N5O2/c1-19-13(5-6-17-19)18-14(21)16-9-12-4-2-3-11(7-12)8-15-10-20/h5-6,11-12H,2-4,7-9H2,1H3,(H2,16,18,21). The number of isocyanates is 1. The van der Waals surface area contributed by atoms with Gasteiger partial charge in [-0.3, -0.25) is 10.00 Å². The van der Waals surface area contributed by atoms with Gasteiger partial charge in [-0.15, -0.1) is 0 Å². The molecule has 1 saturated carbocycles. The predicted molar refractivity (Wildman–Crippen MR) is 78.7 cm³/mol. The Labute approximate surface area is 123 Å². The average molecular weight is 291 g/mol. The van der Waals surface area contributed by atoms with Crippen LogP contribution >= 0.6 is 0 Å². The molecule has 1 aromatic heterocycles. The first-order valence-electron chi connectivity index (χ1n) is 7.25. The predicted octanol–water partition coefficient (Wildman–Crippen LogP) is 1.68. The van der Waals surface area contributed by atoms with Crippen LogP contribution in [0.4, 0.5) is 10.6 Å². The second-order valence-electron chi connectivity index (χ2n) is 5.51. The summed E-state index contributed by atoms with van der Waals surface area (Å²) >= 11 is 0. The molecule has 0 radical (unpaired) electrons. The minimum atomic E-state index is -0.216. The summed E-state index contributed by atoms with van der Waals surface area (Å²) in [6.45, 7) is 1.20. The van der Waals surface area contributed by atoms with E-state index in [1.165, 1.54) is 0 Å². The summed E-state index contributed by atoms with van der Waals surface area (Å²) in [5, 5.41) is 9.64. The molecule has 2 amide bonds. The van der Waals surface area contributed by atoms with E-state index in [1.54, 1.807) is 30.1 Å². The molecule has 21 heavy (non-hydrogen) atoms. The fourth-order valence-corrected chi connectivity index (χ4v) is 2.81. The maximum absolute atomic E-state index is 11.8. The van der Waals surface area contributed by atoms with Crippen LogP contribution in [0.15, 0.2) is 17.3 Å². The minimum Gasteiger partial charge on any atom is -0.338 e. The highest BCUT2D eigenvalue weighted by atomic mass is 16.2. The Hall–Kier alpha value is -2.14. The van der Waals surface area contributed by atoms with E-state index in [9.17, 15) is 9.59 Å². The molecule has 2 N–H and O–H groups in total. The van der Waals surface area contributed by atoms with Gasteiger partial charge < -0.3 is 5.32 Å². The molecular formula is C14H21N5O2. The maximum atomic E-state index is 11.8. The van der Waals surface area contributed by atoms with E-state index in [2.05, 4.69) is 20.7 Å². The molecule has 1 aliphatic carbocycles. The Balaban J connectivity index is 1.73. The van der Waals surface area contributed by atoms with Crippen molar-refractivity contribution in [2.75, 3.05) is 18.4 Å². The lowest BCUT2D eigenvalue weighted by atomic mass is 9.81. The molecule has 0 bridgehead atoms. The highest BCUT2D eigenvalue weighted by molar-refractivity contribution is 5.88. The van der Waals surface area contributed by atoms with Crippen molar-refractivity contribution >= 4 is 17.9 Å². The first kappa shape index (κ1) is 15.3. The summed E-state index contributed by atoms with van der Waals surface area (Å²) in [4.78, 5) is 25.7. The number of hydrogen-bond donors (Lipinski definition) is 2. The van der Waals surface area contributed by atoms with Crippen LogP contribution < -0.4 is 10.6 Å². The Morgan fingerprint density at radius 2 is 2.33 bits per heavy atom. The lowest BCUT2D eigenvalue weighted by Crippen LogP contribution is -2.35. The van der Waals surface area contributed by atoms with E-state index < -0.39 is 0 Å². The number of carbonyl (C=O) groups is 1. The van der Waals surface area contributed by atoms with Crippen LogP contribution in [-0.4, -0.2) is 35.0 Å². The van der Waals surface area contributed by atoms with Crippen molar-refractivity contribution in [3.05, 3.63) is 12.3 Å². The number of carbonyl (C=O) groups excluding carboxylic acids is 2. The quantitative estimate of drug-likeness (QED) is 0.639. The molecule has 1 aromatic rings. The number of amides is 2. The molecular weight excluding hydrogens is 270 g/mol. The molecule has 7 nitrogen and oxygen atoms in total. The van der Waals surface area contributed by atoms with Crippen LogP contribution in [0.3, 0.4) is 0 Å². The summed E-state index contributed by atoms with van der Waals surface area (Å²) in [6.07, 6.45) is 7.55. The van der Waals surface area contributed by atoms with E-state index in [0.29, 0.717) is 30.7 Å². The van der Waals surface area contributed by atoms with Crippen molar-refractivity contribution in [3.63, 3.8) is 0 Å². The molecule has 2 unspecified atom stereocenters. The van der Waals surface area contributed by atoms with Crippen LogP contribution in [0.2, 0.25) is 0 Å². The van der Waals surface area contributed by atoms with E-state index >= 15 is 0 Å². The van der Waals surface area contributed by atoms with Crippen molar-refractivity contribution in [2.24, 2.45) is 23.9 Å². The third-order valence-electron chi connectivity index (χ3n) is 3.92. The van der Waals surface area contributed by atoms with Gasteiger partial charge >= 0.3 is 6.03 Å². The Morgan fingerprint density at radius 1 is 1.52 bits per heavy atom. The summed E-state index contributed by atoms with van der Waals surface area (Å²) in [7, 11) is 1.77. The Kier molecular flexibility index (Phi) is 5.51. The smallest absolute Gasteiger partial charge is 0.320 e. The third-order valence-corrected chi connectivity index (χ3v) is 3.92. The summed E-state index contributed by atoms with van der Waals surface area (Å²) < 4.78 is 1.60. The van der Waals surface area contributed by atoms with Crippen molar-refractivity contribution in [3.8, 4) is 0 Å². The van der Waals surface area contributed by atoms with Crippen molar-refractivity contribution in [1.82, 2.24) is 15.1 Å². The number of nitrogens with one attached hydrogen (secondary N) is 2. The summed E-state index contributed by atoms with van der Waals surface area (Å²) in [6, 6.07) is 1.53. The Bertz CT molecular complexity index is 521. The number of nitrogens with zero attached hydrogens (tertiary/aromatic N) is 3. The molecule has 1 fully saturated rings. The van der Waals surface area contributed by atoms with E-state index in [1.807, 2.05) is 0 Å². The van der Waals surface area contributed by atoms with Gasteiger partial charge in [-0.2, -0.15) is 5.10 Å². The van der Waals surface area contributed by atoms with Gasteiger partial charge in [0.2, 0.25) is 6.08 Å². The molecule has 2 rings (SSSR count). The van der Waals surface area contributed by atoms with Crippen molar-refractivity contribution in [1.29, 1.82) is 0 Å². The van der Waals surface area contributed by atoms with E-state index in [0.717, 1.165) is 25.7 Å². The third kappa shape index (κ3) is 4.72. The summed E-state index contributed by atoms with van der Waals surface area (Å²) in [5.41, 5.74) is 0. The van der Waals surface area contributed by atoms with E-state index in [4.69, 9.17) is 0 Å². The highest BCUT2D eigenvalue weighted by Gasteiger charge is 2.22. The van der Waals surface area contributed by atoms with Crippen LogP contribution in [0, 0.1) is 11.8 Å². The average Bonchev–Trinajstić information content (AvgIpc) is 2.89. The molecule has 2 atom stereocenters. The lowest BCUT2D eigenvalue weighted by molar-refractivity contribution is 0.239. The lowest BCUT2D eigenvalue weighted by Gasteiger charge is -2.28. The monoisotopic (exact) mass is 291 g/mol. The summed E-state index contributed by atoms with van der Waals surface area (Å²) in [5.74, 6) is 1.55. The van der Waals surface area contributed by atoms with Gasteiger partial charge in [0.25, 0.3) is 0 Å². The van der Waals surface area contributed by atoms with Crippen molar-refractivity contribution < 1.29 is 9.59 Å². The molecule has 114 valence electrons. The SMILES string of the molecule is Cn1nccc1NC(=O)NCC1CCCC(CN=C=O)C1. The van der Waals surface area contributed by atoms with Crippen LogP contribution in [0.1, 0.15) is 25.7 Å². The molecule has 7 heteroatoms. The topological polar surface area (TPSA) is 88.4 Å². The molecule has 1 aliphatic rings.